The summed E-state index contributed by atoms with van der Waals surface area (Å²) in [5, 5.41) is 0. The molecule has 1 amide bonds. The summed E-state index contributed by atoms with van der Waals surface area (Å²) >= 11 is 4.64. The predicted octanol–water partition coefficient (Wildman–Crippen LogP) is 1.90. The second-order valence-corrected chi connectivity index (χ2v) is 3.35. The van der Waals surface area contributed by atoms with Crippen LogP contribution in [0.3, 0.4) is 0 Å². The molecule has 1 heterocycles. The monoisotopic (exact) mass is 241 g/mol. The lowest BCUT2D eigenvalue weighted by Crippen LogP contribution is -2.40. The molecule has 0 atom stereocenters. The molecule has 2 rings (SSSR count). The summed E-state index contributed by atoms with van der Waals surface area (Å²) in [6.07, 6.45) is 1.47. The van der Waals surface area contributed by atoms with Crippen molar-refractivity contribution in [3.8, 4) is 0 Å². The average molecular weight is 242 g/mol. The number of carbonyl (C=O) groups is 1. The third kappa shape index (κ3) is 3.83. The summed E-state index contributed by atoms with van der Waals surface area (Å²) in [5.74, 6) is 0.0834. The Balaban J connectivity index is 0.000000606. The van der Waals surface area contributed by atoms with Gasteiger partial charge in [-0.3, -0.25) is 4.79 Å². The molecule has 0 N–H and O–H groups in total. The maximum atomic E-state index is 11.4. The number of halogens is 1. The highest BCUT2D eigenvalue weighted by Gasteiger charge is 2.17. The molecule has 0 radical (unpaired) electrons. The normalized spacial score (nSPS) is 15.4. The summed E-state index contributed by atoms with van der Waals surface area (Å²) in [7, 11) is 0. The lowest BCUT2D eigenvalue weighted by Gasteiger charge is -2.26. The first-order chi connectivity index (χ1) is 7.86. The van der Waals surface area contributed by atoms with Crippen molar-refractivity contribution in [2.45, 2.75) is 6.54 Å². The Morgan fingerprint density at radius 1 is 1.31 bits per heavy atom. The molecule has 0 spiro atoms. The van der Waals surface area contributed by atoms with Gasteiger partial charge in [-0.1, -0.05) is 30.3 Å². The summed E-state index contributed by atoms with van der Waals surface area (Å²) in [6, 6.07) is 10.0. The molecule has 1 aliphatic heterocycles. The maximum absolute atomic E-state index is 11.4. The van der Waals surface area contributed by atoms with Gasteiger partial charge in [-0.15, -0.1) is 11.6 Å². The van der Waals surface area contributed by atoms with Crippen molar-refractivity contribution in [2.75, 3.05) is 26.1 Å². The number of ether oxygens (including phenoxy) is 1. The number of carbonyl (C=O) groups excluding carboxylic acids is 1. The van der Waals surface area contributed by atoms with E-state index in [4.69, 9.17) is 4.74 Å². The average Bonchev–Trinajstić information content (AvgIpc) is 2.36. The minimum absolute atomic E-state index is 0.0834. The van der Waals surface area contributed by atoms with Crippen LogP contribution < -0.4 is 0 Å². The Kier molecular flexibility index (Phi) is 5.90. The molecule has 1 saturated heterocycles. The number of amides is 1. The van der Waals surface area contributed by atoms with E-state index >= 15 is 0 Å². The van der Waals surface area contributed by atoms with Crippen molar-refractivity contribution < 1.29 is 9.53 Å². The van der Waals surface area contributed by atoms with Gasteiger partial charge >= 0.3 is 0 Å². The van der Waals surface area contributed by atoms with Gasteiger partial charge in [-0.25, -0.2) is 0 Å². The lowest BCUT2D eigenvalue weighted by molar-refractivity contribution is -0.143. The first-order valence-electron chi connectivity index (χ1n) is 5.13. The van der Waals surface area contributed by atoms with E-state index in [1.807, 2.05) is 35.2 Å². The molecule has 0 unspecified atom stereocenters. The molecule has 4 heteroatoms. The third-order valence-corrected chi connectivity index (χ3v) is 2.30. The number of benzene rings is 1. The molecule has 3 nitrogen and oxygen atoms in total. The topological polar surface area (TPSA) is 29.5 Å². The second-order valence-electron chi connectivity index (χ2n) is 3.35. The van der Waals surface area contributed by atoms with E-state index in [1.165, 1.54) is 11.9 Å². The quantitative estimate of drug-likeness (QED) is 0.741. The van der Waals surface area contributed by atoms with Crippen LogP contribution in [0.4, 0.5) is 0 Å². The van der Waals surface area contributed by atoms with Crippen LogP contribution in [0.1, 0.15) is 5.56 Å². The van der Waals surface area contributed by atoms with Crippen LogP contribution in [0.5, 0.6) is 0 Å². The summed E-state index contributed by atoms with van der Waals surface area (Å²) in [5.41, 5.74) is 1.17. The minimum Gasteiger partial charge on any atom is -0.370 e. The maximum Gasteiger partial charge on any atom is 0.248 e. The van der Waals surface area contributed by atoms with Crippen LogP contribution in [-0.2, 0) is 16.1 Å². The highest BCUT2D eigenvalue weighted by atomic mass is 35.5. The molecule has 1 aromatic rings. The number of nitrogens with zero attached hydrogens (tertiary/aromatic N) is 1. The van der Waals surface area contributed by atoms with Crippen molar-refractivity contribution in [1.29, 1.82) is 0 Å². The molecule has 0 aliphatic carbocycles. The van der Waals surface area contributed by atoms with Gasteiger partial charge in [-0.2, -0.15) is 0 Å². The molecule has 16 heavy (non-hydrogen) atoms. The van der Waals surface area contributed by atoms with Crippen molar-refractivity contribution >= 4 is 17.5 Å². The van der Waals surface area contributed by atoms with Gasteiger partial charge < -0.3 is 9.64 Å². The zero-order chi connectivity index (χ0) is 11.8. The summed E-state index contributed by atoms with van der Waals surface area (Å²) < 4.78 is 5.06. The zero-order valence-electron chi connectivity index (χ0n) is 9.36. The molecule has 1 fully saturated rings. The van der Waals surface area contributed by atoms with Gasteiger partial charge in [0.1, 0.15) is 6.61 Å². The molecular weight excluding hydrogens is 226 g/mol. The number of morpholine rings is 1. The van der Waals surface area contributed by atoms with E-state index < -0.39 is 0 Å². The SMILES string of the molecule is CCl.O=C1COCCN1Cc1ccccc1. The highest BCUT2D eigenvalue weighted by molar-refractivity contribution is 6.15. The van der Waals surface area contributed by atoms with Gasteiger partial charge in [0.2, 0.25) is 5.91 Å². The van der Waals surface area contributed by atoms with E-state index in [-0.39, 0.29) is 12.5 Å². The van der Waals surface area contributed by atoms with Gasteiger partial charge in [0.05, 0.1) is 6.61 Å². The smallest absolute Gasteiger partial charge is 0.248 e. The Hall–Kier alpha value is -1.06. The first-order valence-corrected chi connectivity index (χ1v) is 5.89. The second kappa shape index (κ2) is 7.25. The lowest BCUT2D eigenvalue weighted by atomic mass is 10.2. The Morgan fingerprint density at radius 2 is 2.00 bits per heavy atom. The Morgan fingerprint density at radius 3 is 2.62 bits per heavy atom. The van der Waals surface area contributed by atoms with E-state index in [0.29, 0.717) is 19.7 Å². The molecular formula is C12H16ClNO2. The van der Waals surface area contributed by atoms with Crippen LogP contribution in [0, 0.1) is 0 Å². The third-order valence-electron chi connectivity index (χ3n) is 2.30. The van der Waals surface area contributed by atoms with E-state index in [1.54, 1.807) is 0 Å². The van der Waals surface area contributed by atoms with Crippen LogP contribution >= 0.6 is 11.6 Å². The Bertz CT molecular complexity index is 316. The zero-order valence-corrected chi connectivity index (χ0v) is 10.1. The fourth-order valence-electron chi connectivity index (χ4n) is 1.52. The van der Waals surface area contributed by atoms with E-state index in [9.17, 15) is 4.79 Å². The predicted molar refractivity (Wildman–Crippen MR) is 64.5 cm³/mol. The van der Waals surface area contributed by atoms with Crippen molar-refractivity contribution in [3.63, 3.8) is 0 Å². The number of alkyl halides is 1. The molecule has 1 aromatic carbocycles. The molecule has 88 valence electrons. The fraction of sp³-hybridized carbons (Fsp3) is 0.417. The minimum atomic E-state index is 0.0834. The number of hydrogen-bond donors (Lipinski definition) is 0. The van der Waals surface area contributed by atoms with Crippen molar-refractivity contribution in [2.24, 2.45) is 0 Å². The van der Waals surface area contributed by atoms with Crippen molar-refractivity contribution in [1.82, 2.24) is 4.90 Å². The van der Waals surface area contributed by atoms with E-state index in [0.717, 1.165) is 0 Å². The largest absolute Gasteiger partial charge is 0.370 e. The molecule has 0 saturated carbocycles. The first kappa shape index (κ1) is 13.0. The number of hydrogen-bond acceptors (Lipinski definition) is 2. The van der Waals surface area contributed by atoms with Gasteiger partial charge in [0.15, 0.2) is 0 Å². The van der Waals surface area contributed by atoms with Crippen LogP contribution in [0.15, 0.2) is 30.3 Å². The fourth-order valence-corrected chi connectivity index (χ4v) is 1.52. The van der Waals surface area contributed by atoms with Gasteiger partial charge in [0, 0.05) is 19.5 Å². The molecule has 0 aromatic heterocycles. The van der Waals surface area contributed by atoms with Crippen LogP contribution in [0.25, 0.3) is 0 Å². The highest BCUT2D eigenvalue weighted by Crippen LogP contribution is 2.07. The van der Waals surface area contributed by atoms with Crippen molar-refractivity contribution in [3.05, 3.63) is 35.9 Å². The van der Waals surface area contributed by atoms with E-state index in [2.05, 4.69) is 11.6 Å². The molecule has 0 bridgehead atoms. The van der Waals surface area contributed by atoms with Crippen LogP contribution in [0.2, 0.25) is 0 Å². The van der Waals surface area contributed by atoms with Gasteiger partial charge in [0.25, 0.3) is 0 Å². The summed E-state index contributed by atoms with van der Waals surface area (Å²) in [6.45, 7) is 2.28. The Labute approximate surface area is 101 Å². The van der Waals surface area contributed by atoms with Gasteiger partial charge in [-0.05, 0) is 5.56 Å². The summed E-state index contributed by atoms with van der Waals surface area (Å²) in [4.78, 5) is 13.2. The standard InChI is InChI=1S/C11H13NO2.CH3Cl/c13-11-9-14-7-6-12(11)8-10-4-2-1-3-5-10;1-2/h1-5H,6-9H2;1H3. The number of rotatable bonds is 2. The van der Waals surface area contributed by atoms with Crippen LogP contribution in [-0.4, -0.2) is 36.9 Å². The molecule has 1 aliphatic rings.